The number of H-pyrrole nitrogens is 1. The molecule has 0 spiro atoms. The van der Waals surface area contributed by atoms with E-state index >= 15 is 0 Å². The van der Waals surface area contributed by atoms with Crippen LogP contribution in [0.5, 0.6) is 5.75 Å². The molecule has 0 fully saturated rings. The Hall–Kier alpha value is -1.75. The van der Waals surface area contributed by atoms with E-state index in [0.717, 1.165) is 11.3 Å². The fourth-order valence-electron chi connectivity index (χ4n) is 1.35. The molecule has 82 valence electrons. The van der Waals surface area contributed by atoms with Crippen molar-refractivity contribution in [3.05, 3.63) is 35.5 Å². The second-order valence-corrected chi connectivity index (χ2v) is 3.52. The summed E-state index contributed by atoms with van der Waals surface area (Å²) >= 11 is 5.16. The molecular weight excluding hydrogens is 222 g/mol. The largest absolute Gasteiger partial charge is 0.492 e. The topological polar surface area (TPSA) is 50.8 Å². The van der Waals surface area contributed by atoms with E-state index in [9.17, 15) is 0 Å². The molecule has 2 aromatic heterocycles. The Morgan fingerprint density at radius 2 is 2.31 bits per heavy atom. The van der Waals surface area contributed by atoms with Crippen LogP contribution in [0.3, 0.4) is 0 Å². The Balaban J connectivity index is 2.45. The van der Waals surface area contributed by atoms with Gasteiger partial charge < -0.3 is 9.72 Å². The molecule has 0 radical (unpaired) electrons. The third-order valence-corrected chi connectivity index (χ3v) is 2.32. The van der Waals surface area contributed by atoms with Gasteiger partial charge in [0.1, 0.15) is 16.1 Å². The number of hydrogen-bond acceptors (Lipinski definition) is 4. The highest BCUT2D eigenvalue weighted by atomic mass is 32.1. The average molecular weight is 233 g/mol. The van der Waals surface area contributed by atoms with Crippen LogP contribution in [0.4, 0.5) is 0 Å². The van der Waals surface area contributed by atoms with Gasteiger partial charge in [0.2, 0.25) is 0 Å². The lowest BCUT2D eigenvalue weighted by atomic mass is 10.2. The van der Waals surface area contributed by atoms with Gasteiger partial charge in [0, 0.05) is 24.2 Å². The van der Waals surface area contributed by atoms with Crippen molar-refractivity contribution in [1.82, 2.24) is 15.0 Å². The summed E-state index contributed by atoms with van der Waals surface area (Å²) in [4.78, 5) is 11.2. The van der Waals surface area contributed by atoms with Crippen LogP contribution in [0.15, 0.2) is 30.9 Å². The van der Waals surface area contributed by atoms with Crippen molar-refractivity contribution in [2.24, 2.45) is 0 Å². The molecule has 2 rings (SSSR count). The first kappa shape index (κ1) is 10.8. The molecule has 1 N–H and O–H groups in total. The maximum atomic E-state index is 5.37. The third-order valence-electron chi connectivity index (χ3n) is 2.01. The van der Waals surface area contributed by atoms with Crippen molar-refractivity contribution in [3.63, 3.8) is 0 Å². The van der Waals surface area contributed by atoms with E-state index < -0.39 is 0 Å². The van der Waals surface area contributed by atoms with E-state index in [4.69, 9.17) is 17.0 Å². The number of nitrogens with zero attached hydrogens (tertiary/aromatic N) is 2. The zero-order valence-corrected chi connectivity index (χ0v) is 9.62. The second kappa shape index (κ2) is 4.85. The van der Waals surface area contributed by atoms with E-state index in [1.54, 1.807) is 24.8 Å². The van der Waals surface area contributed by atoms with Crippen LogP contribution in [0.1, 0.15) is 6.92 Å². The summed E-state index contributed by atoms with van der Waals surface area (Å²) < 4.78 is 5.97. The van der Waals surface area contributed by atoms with E-state index in [1.807, 2.05) is 13.0 Å². The van der Waals surface area contributed by atoms with Crippen molar-refractivity contribution in [3.8, 4) is 17.0 Å². The van der Waals surface area contributed by atoms with E-state index in [-0.39, 0.29) is 0 Å². The van der Waals surface area contributed by atoms with Crippen molar-refractivity contribution >= 4 is 12.2 Å². The highest BCUT2D eigenvalue weighted by Gasteiger charge is 2.03. The first-order valence-corrected chi connectivity index (χ1v) is 5.34. The number of pyridine rings is 1. The standard InChI is InChI=1S/C11H11N3OS/c1-2-15-9-5-8(6-12-7-9)10-11(16)14-4-3-13-10/h3-7H,2H2,1H3,(H,14,16). The fourth-order valence-corrected chi connectivity index (χ4v) is 1.59. The predicted octanol–water partition coefficient (Wildman–Crippen LogP) is 2.60. The van der Waals surface area contributed by atoms with Gasteiger partial charge in [-0.15, -0.1) is 0 Å². The van der Waals surface area contributed by atoms with E-state index in [0.29, 0.717) is 16.9 Å². The van der Waals surface area contributed by atoms with Gasteiger partial charge in [-0.1, -0.05) is 12.2 Å². The summed E-state index contributed by atoms with van der Waals surface area (Å²) in [7, 11) is 0. The zero-order valence-electron chi connectivity index (χ0n) is 8.80. The van der Waals surface area contributed by atoms with Crippen molar-refractivity contribution in [1.29, 1.82) is 0 Å². The maximum absolute atomic E-state index is 5.37. The van der Waals surface area contributed by atoms with Gasteiger partial charge in [-0.25, -0.2) is 0 Å². The first-order valence-electron chi connectivity index (χ1n) is 4.93. The van der Waals surface area contributed by atoms with Gasteiger partial charge >= 0.3 is 0 Å². The highest BCUT2D eigenvalue weighted by molar-refractivity contribution is 7.71. The molecule has 16 heavy (non-hydrogen) atoms. The molecular formula is C11H11N3OS. The fraction of sp³-hybridized carbons (Fsp3) is 0.182. The van der Waals surface area contributed by atoms with Gasteiger partial charge in [-0.3, -0.25) is 9.97 Å². The Labute approximate surface area is 98.3 Å². The van der Waals surface area contributed by atoms with Crippen molar-refractivity contribution < 1.29 is 4.74 Å². The van der Waals surface area contributed by atoms with E-state index in [2.05, 4.69) is 15.0 Å². The van der Waals surface area contributed by atoms with Crippen molar-refractivity contribution in [2.45, 2.75) is 6.92 Å². The zero-order chi connectivity index (χ0) is 11.4. The SMILES string of the molecule is CCOc1cncc(-c2ncc[nH]c2=S)c1. The Morgan fingerprint density at radius 3 is 3.06 bits per heavy atom. The molecule has 0 aliphatic rings. The summed E-state index contributed by atoms with van der Waals surface area (Å²) in [6.45, 7) is 2.54. The van der Waals surface area contributed by atoms with Gasteiger partial charge in [-0.05, 0) is 13.0 Å². The summed E-state index contributed by atoms with van der Waals surface area (Å²) in [5.41, 5.74) is 1.57. The minimum atomic E-state index is 0.595. The monoisotopic (exact) mass is 233 g/mol. The first-order chi connectivity index (χ1) is 7.81. The predicted molar refractivity (Wildman–Crippen MR) is 63.8 cm³/mol. The normalized spacial score (nSPS) is 10.1. The van der Waals surface area contributed by atoms with Gasteiger partial charge in [-0.2, -0.15) is 0 Å². The van der Waals surface area contributed by atoms with Crippen LogP contribution in [-0.4, -0.2) is 21.6 Å². The molecule has 0 atom stereocenters. The minimum Gasteiger partial charge on any atom is -0.492 e. The Morgan fingerprint density at radius 1 is 1.44 bits per heavy atom. The van der Waals surface area contributed by atoms with Crippen LogP contribution in [-0.2, 0) is 0 Å². The molecule has 0 unspecified atom stereocenters. The summed E-state index contributed by atoms with van der Waals surface area (Å²) in [6, 6.07) is 1.88. The highest BCUT2D eigenvalue weighted by Crippen LogP contribution is 2.20. The molecule has 0 aliphatic heterocycles. The molecule has 0 aliphatic carbocycles. The van der Waals surface area contributed by atoms with Crippen LogP contribution < -0.4 is 4.74 Å². The van der Waals surface area contributed by atoms with E-state index in [1.165, 1.54) is 0 Å². The molecule has 5 heteroatoms. The summed E-state index contributed by atoms with van der Waals surface area (Å²) in [6.07, 6.45) is 6.75. The van der Waals surface area contributed by atoms with Gasteiger partial charge in [0.05, 0.1) is 12.8 Å². The lowest BCUT2D eigenvalue weighted by Crippen LogP contribution is -1.93. The van der Waals surface area contributed by atoms with Crippen LogP contribution in [0.25, 0.3) is 11.3 Å². The molecule has 4 nitrogen and oxygen atoms in total. The maximum Gasteiger partial charge on any atom is 0.138 e. The third kappa shape index (κ3) is 2.25. The van der Waals surface area contributed by atoms with Crippen LogP contribution in [0.2, 0.25) is 0 Å². The Bertz CT molecular complexity index is 539. The smallest absolute Gasteiger partial charge is 0.138 e. The Kier molecular flexibility index (Phi) is 3.26. The molecule has 0 aromatic carbocycles. The molecule has 0 saturated heterocycles. The second-order valence-electron chi connectivity index (χ2n) is 3.11. The minimum absolute atomic E-state index is 0.595. The van der Waals surface area contributed by atoms with Crippen LogP contribution >= 0.6 is 12.2 Å². The molecule has 0 bridgehead atoms. The quantitative estimate of drug-likeness (QED) is 0.828. The number of rotatable bonds is 3. The number of ether oxygens (including phenoxy) is 1. The number of nitrogens with one attached hydrogen (secondary N) is 1. The van der Waals surface area contributed by atoms with Gasteiger partial charge in [0.25, 0.3) is 0 Å². The number of hydrogen-bond donors (Lipinski definition) is 1. The lowest BCUT2D eigenvalue weighted by Gasteiger charge is -2.04. The lowest BCUT2D eigenvalue weighted by molar-refractivity contribution is 0.339. The number of aromatic nitrogens is 3. The van der Waals surface area contributed by atoms with Gasteiger partial charge in [0.15, 0.2) is 0 Å². The van der Waals surface area contributed by atoms with Crippen LogP contribution in [0, 0.1) is 4.64 Å². The molecule has 2 heterocycles. The van der Waals surface area contributed by atoms with Crippen molar-refractivity contribution in [2.75, 3.05) is 6.61 Å². The molecule has 0 saturated carbocycles. The molecule has 2 aromatic rings. The average Bonchev–Trinajstić information content (AvgIpc) is 2.30. The number of aromatic amines is 1. The summed E-state index contributed by atoms with van der Waals surface area (Å²) in [5.74, 6) is 0.722. The summed E-state index contributed by atoms with van der Waals surface area (Å²) in [5, 5.41) is 0. The molecule has 0 amide bonds.